The number of rotatable bonds is 1. The second-order valence-electron chi connectivity index (χ2n) is 4.59. The minimum absolute atomic E-state index is 0.101. The van der Waals surface area contributed by atoms with Crippen molar-refractivity contribution in [1.82, 2.24) is 4.98 Å². The molecule has 0 N–H and O–H groups in total. The lowest BCUT2D eigenvalue weighted by atomic mass is 10.2. The summed E-state index contributed by atoms with van der Waals surface area (Å²) in [7, 11) is 0. The van der Waals surface area contributed by atoms with Crippen LogP contribution in [0.4, 0.5) is 4.39 Å². The lowest BCUT2D eigenvalue weighted by Crippen LogP contribution is -2.03. The fourth-order valence-electron chi connectivity index (χ4n) is 2.24. The topological polar surface area (TPSA) is 56.2 Å². The van der Waals surface area contributed by atoms with Gasteiger partial charge in [0.25, 0.3) is 0 Å². The molecule has 5 heteroatoms. The van der Waals surface area contributed by atoms with Crippen molar-refractivity contribution >= 4 is 22.1 Å². The predicted octanol–water partition coefficient (Wildman–Crippen LogP) is 3.74. The molecule has 0 amide bonds. The second kappa shape index (κ2) is 4.28. The molecule has 0 aliphatic rings. The van der Waals surface area contributed by atoms with Crippen LogP contribution < -0.4 is 5.63 Å². The molecular weight excluding hydrogens is 273 g/mol. The Bertz CT molecular complexity index is 999. The van der Waals surface area contributed by atoms with Crippen LogP contribution in [-0.2, 0) is 0 Å². The lowest BCUT2D eigenvalue weighted by Gasteiger charge is -1.99. The Labute approximate surface area is 117 Å². The van der Waals surface area contributed by atoms with Gasteiger partial charge in [-0.2, -0.15) is 0 Å². The molecule has 2 aromatic carbocycles. The number of hydrogen-bond acceptors (Lipinski definition) is 4. The number of fused-ring (bicyclic) bond motifs is 2. The number of para-hydroxylation sites is 2. The third kappa shape index (κ3) is 1.82. The van der Waals surface area contributed by atoms with Crippen LogP contribution >= 0.6 is 0 Å². The molecule has 0 atom stereocenters. The molecule has 0 bridgehead atoms. The number of halogens is 1. The van der Waals surface area contributed by atoms with Crippen LogP contribution in [0.1, 0.15) is 0 Å². The van der Waals surface area contributed by atoms with E-state index in [9.17, 15) is 9.18 Å². The number of oxazole rings is 1. The van der Waals surface area contributed by atoms with Crippen molar-refractivity contribution in [3.05, 3.63) is 64.8 Å². The second-order valence-corrected chi connectivity index (χ2v) is 4.59. The maximum atomic E-state index is 13.8. The van der Waals surface area contributed by atoms with E-state index in [-0.39, 0.29) is 22.4 Å². The van der Waals surface area contributed by atoms with E-state index in [1.54, 1.807) is 18.2 Å². The highest BCUT2D eigenvalue weighted by Gasteiger charge is 2.15. The molecule has 0 unspecified atom stereocenters. The van der Waals surface area contributed by atoms with E-state index in [2.05, 4.69) is 4.98 Å². The van der Waals surface area contributed by atoms with Crippen molar-refractivity contribution in [2.45, 2.75) is 0 Å². The molecule has 4 nitrogen and oxygen atoms in total. The van der Waals surface area contributed by atoms with Gasteiger partial charge in [0.2, 0.25) is 5.89 Å². The minimum Gasteiger partial charge on any atom is -0.436 e. The Morgan fingerprint density at radius 2 is 1.76 bits per heavy atom. The fraction of sp³-hybridized carbons (Fsp3) is 0. The molecule has 21 heavy (non-hydrogen) atoms. The van der Waals surface area contributed by atoms with Crippen molar-refractivity contribution in [1.29, 1.82) is 0 Å². The van der Waals surface area contributed by atoms with Gasteiger partial charge < -0.3 is 8.83 Å². The number of benzene rings is 2. The van der Waals surface area contributed by atoms with Crippen LogP contribution in [0.25, 0.3) is 33.5 Å². The Kier molecular flexibility index (Phi) is 2.41. The van der Waals surface area contributed by atoms with E-state index in [1.807, 2.05) is 6.07 Å². The first-order chi connectivity index (χ1) is 10.2. The van der Waals surface area contributed by atoms with Crippen LogP contribution in [0.15, 0.2) is 62.2 Å². The highest BCUT2D eigenvalue weighted by atomic mass is 19.1. The predicted molar refractivity (Wildman–Crippen MR) is 75.4 cm³/mol. The summed E-state index contributed by atoms with van der Waals surface area (Å²) in [5, 5.41) is 0.217. The largest absolute Gasteiger partial charge is 0.436 e. The summed E-state index contributed by atoms with van der Waals surface area (Å²) in [6.07, 6.45) is 0. The van der Waals surface area contributed by atoms with Crippen LogP contribution in [0.2, 0.25) is 0 Å². The molecule has 2 heterocycles. The maximum absolute atomic E-state index is 13.8. The van der Waals surface area contributed by atoms with Gasteiger partial charge in [-0.25, -0.2) is 14.2 Å². The molecule has 4 aromatic rings. The van der Waals surface area contributed by atoms with Crippen molar-refractivity contribution in [3.63, 3.8) is 0 Å². The molecule has 4 rings (SSSR count). The third-order valence-electron chi connectivity index (χ3n) is 3.25. The van der Waals surface area contributed by atoms with E-state index in [1.165, 1.54) is 24.3 Å². The first-order valence-corrected chi connectivity index (χ1v) is 6.31. The molecule has 0 saturated carbocycles. The summed E-state index contributed by atoms with van der Waals surface area (Å²) in [5.74, 6) is -0.344. The fourth-order valence-corrected chi connectivity index (χ4v) is 2.24. The average molecular weight is 281 g/mol. The van der Waals surface area contributed by atoms with Crippen molar-refractivity contribution in [2.24, 2.45) is 0 Å². The van der Waals surface area contributed by atoms with Crippen molar-refractivity contribution < 1.29 is 13.2 Å². The van der Waals surface area contributed by atoms with Gasteiger partial charge in [-0.1, -0.05) is 18.2 Å². The molecule has 0 spiro atoms. The van der Waals surface area contributed by atoms with Gasteiger partial charge in [0.05, 0.1) is 5.39 Å². The highest BCUT2D eigenvalue weighted by Crippen LogP contribution is 2.25. The monoisotopic (exact) mass is 281 g/mol. The quantitative estimate of drug-likeness (QED) is 0.499. The van der Waals surface area contributed by atoms with Gasteiger partial charge in [-0.05, 0) is 30.3 Å². The number of aromatic nitrogens is 1. The van der Waals surface area contributed by atoms with E-state index in [4.69, 9.17) is 8.83 Å². The van der Waals surface area contributed by atoms with E-state index < -0.39 is 11.4 Å². The number of hydrogen-bond donors (Lipinski definition) is 0. The van der Waals surface area contributed by atoms with E-state index in [0.717, 1.165) is 0 Å². The van der Waals surface area contributed by atoms with E-state index in [0.29, 0.717) is 11.1 Å². The first kappa shape index (κ1) is 11.8. The van der Waals surface area contributed by atoms with Gasteiger partial charge in [-0.15, -0.1) is 0 Å². The Morgan fingerprint density at radius 3 is 2.62 bits per heavy atom. The van der Waals surface area contributed by atoms with Crippen LogP contribution in [0, 0.1) is 5.82 Å². The Balaban J connectivity index is 2.03. The summed E-state index contributed by atoms with van der Waals surface area (Å²) in [5.41, 5.74) is 0.865. The summed E-state index contributed by atoms with van der Waals surface area (Å²) in [4.78, 5) is 16.3. The molecule has 102 valence electrons. The third-order valence-corrected chi connectivity index (χ3v) is 3.25. The molecule has 0 aliphatic heterocycles. The lowest BCUT2D eigenvalue weighted by molar-refractivity contribution is 0.549. The Hall–Kier alpha value is -2.95. The normalized spacial score (nSPS) is 11.3. The van der Waals surface area contributed by atoms with Crippen LogP contribution in [-0.4, -0.2) is 4.98 Å². The van der Waals surface area contributed by atoms with Crippen molar-refractivity contribution in [2.75, 3.05) is 0 Å². The number of nitrogens with zero attached hydrogens (tertiary/aromatic N) is 1. The molecule has 2 aromatic heterocycles. The molecule has 0 fully saturated rings. The summed E-state index contributed by atoms with van der Waals surface area (Å²) in [6.45, 7) is 0. The van der Waals surface area contributed by atoms with E-state index >= 15 is 0 Å². The average Bonchev–Trinajstić information content (AvgIpc) is 2.90. The zero-order valence-corrected chi connectivity index (χ0v) is 10.7. The van der Waals surface area contributed by atoms with Gasteiger partial charge >= 0.3 is 5.63 Å². The van der Waals surface area contributed by atoms with Gasteiger partial charge in [0.15, 0.2) is 5.58 Å². The van der Waals surface area contributed by atoms with Gasteiger partial charge in [-0.3, -0.25) is 0 Å². The molecular formula is C16H8FNO3. The molecule has 0 aliphatic carbocycles. The zero-order valence-electron chi connectivity index (χ0n) is 10.7. The maximum Gasteiger partial charge on any atom is 0.349 e. The molecule has 0 radical (unpaired) electrons. The minimum atomic E-state index is -0.611. The highest BCUT2D eigenvalue weighted by molar-refractivity contribution is 5.82. The van der Waals surface area contributed by atoms with Gasteiger partial charge in [0, 0.05) is 0 Å². The standard InChI is InChI=1S/C16H8FNO3/c17-11-4-3-7-13-9(11)8-10(16(19)21-13)15-18-12-5-1-2-6-14(12)20-15/h1-8H. The summed E-state index contributed by atoms with van der Waals surface area (Å²) >= 11 is 0. The smallest absolute Gasteiger partial charge is 0.349 e. The molecule has 0 saturated heterocycles. The first-order valence-electron chi connectivity index (χ1n) is 6.31. The zero-order chi connectivity index (χ0) is 14.4. The summed E-state index contributed by atoms with van der Waals surface area (Å²) in [6, 6.07) is 12.9. The SMILES string of the molecule is O=c1oc2cccc(F)c2cc1-c1nc2ccccc2o1. The van der Waals surface area contributed by atoms with Crippen LogP contribution in [0.5, 0.6) is 0 Å². The van der Waals surface area contributed by atoms with Gasteiger partial charge in [0.1, 0.15) is 22.5 Å². The van der Waals surface area contributed by atoms with Crippen molar-refractivity contribution in [3.8, 4) is 11.5 Å². The Morgan fingerprint density at radius 1 is 0.952 bits per heavy atom. The summed E-state index contributed by atoms with van der Waals surface area (Å²) < 4.78 is 24.5. The van der Waals surface area contributed by atoms with Crippen LogP contribution in [0.3, 0.4) is 0 Å².